The van der Waals surface area contributed by atoms with E-state index in [1.807, 2.05) is 30.3 Å². The van der Waals surface area contributed by atoms with Gasteiger partial charge in [-0.25, -0.2) is 9.37 Å². The second-order valence-corrected chi connectivity index (χ2v) is 8.24. The van der Waals surface area contributed by atoms with Crippen molar-refractivity contribution in [2.24, 2.45) is 0 Å². The van der Waals surface area contributed by atoms with Gasteiger partial charge in [0.2, 0.25) is 5.82 Å². The third kappa shape index (κ3) is 4.01. The fourth-order valence-electron chi connectivity index (χ4n) is 4.27. The molecule has 1 aliphatic heterocycles. The summed E-state index contributed by atoms with van der Waals surface area (Å²) in [5.41, 5.74) is 2.07. The number of amides is 1. The Hall–Kier alpha value is -4.53. The number of pyridine rings is 1. The topological polar surface area (TPSA) is 88.5 Å². The first-order valence-corrected chi connectivity index (χ1v) is 11.2. The van der Waals surface area contributed by atoms with Crippen LogP contribution in [0.4, 0.5) is 10.2 Å². The number of halogens is 1. The summed E-state index contributed by atoms with van der Waals surface area (Å²) in [5, 5.41) is 4.94. The summed E-state index contributed by atoms with van der Waals surface area (Å²) >= 11 is 0. The quantitative estimate of drug-likeness (QED) is 0.379. The maximum Gasteiger partial charge on any atom is 0.289 e. The summed E-state index contributed by atoms with van der Waals surface area (Å²) in [6, 6.07) is 19.1. The Morgan fingerprint density at radius 3 is 2.57 bits per heavy atom. The van der Waals surface area contributed by atoms with Crippen molar-refractivity contribution in [2.75, 3.05) is 31.1 Å². The number of fused-ring (bicyclic) bond motifs is 1. The van der Waals surface area contributed by atoms with Gasteiger partial charge in [0.05, 0.1) is 17.3 Å². The highest BCUT2D eigenvalue weighted by Gasteiger charge is 2.25. The number of nitrogens with zero attached hydrogens (tertiary/aromatic N) is 5. The molecule has 9 heteroatoms. The molecule has 4 heterocycles. The highest BCUT2D eigenvalue weighted by molar-refractivity contribution is 5.94. The third-order valence-electron chi connectivity index (χ3n) is 6.06. The molecule has 35 heavy (non-hydrogen) atoms. The molecular formula is C26H20FN5O3. The molecule has 2 aromatic carbocycles. The van der Waals surface area contributed by atoms with Crippen LogP contribution in [0.15, 0.2) is 81.9 Å². The van der Waals surface area contributed by atoms with Gasteiger partial charge in [0.25, 0.3) is 11.8 Å². The van der Waals surface area contributed by atoms with Gasteiger partial charge in [-0.1, -0.05) is 35.5 Å². The number of benzene rings is 2. The number of carbonyl (C=O) groups excluding carboxylic acids is 1. The number of aromatic nitrogens is 3. The first kappa shape index (κ1) is 21.0. The largest absolute Gasteiger partial charge is 0.459 e. The monoisotopic (exact) mass is 469 g/mol. The number of piperazine rings is 1. The molecule has 0 bridgehead atoms. The Morgan fingerprint density at radius 1 is 0.914 bits per heavy atom. The van der Waals surface area contributed by atoms with Gasteiger partial charge in [0.1, 0.15) is 11.6 Å². The summed E-state index contributed by atoms with van der Waals surface area (Å²) in [6.45, 7) is 2.34. The van der Waals surface area contributed by atoms with Crippen molar-refractivity contribution in [1.82, 2.24) is 20.0 Å². The fourth-order valence-corrected chi connectivity index (χ4v) is 4.27. The lowest BCUT2D eigenvalue weighted by Crippen LogP contribution is -2.49. The number of furan rings is 1. The van der Waals surface area contributed by atoms with E-state index in [0.29, 0.717) is 49.2 Å². The fraction of sp³-hybridized carbons (Fsp3) is 0.154. The third-order valence-corrected chi connectivity index (χ3v) is 6.06. The van der Waals surface area contributed by atoms with Crippen molar-refractivity contribution in [3.8, 4) is 22.8 Å². The smallest absolute Gasteiger partial charge is 0.289 e. The van der Waals surface area contributed by atoms with Gasteiger partial charge in [-0.3, -0.25) is 4.79 Å². The highest BCUT2D eigenvalue weighted by atomic mass is 19.1. The van der Waals surface area contributed by atoms with Crippen LogP contribution in [0.2, 0.25) is 0 Å². The van der Waals surface area contributed by atoms with Gasteiger partial charge >= 0.3 is 0 Å². The minimum absolute atomic E-state index is 0.113. The zero-order valence-electron chi connectivity index (χ0n) is 18.6. The standard InChI is InChI=1S/C26H20FN5O3/c27-18-6-3-5-17(15-18)24-29-25(35-30-24)20-16-23(28-21-8-2-1-7-19(20)21)31-10-12-32(13-11-31)26(33)22-9-4-14-34-22/h1-9,14-16H,10-13H2. The summed E-state index contributed by atoms with van der Waals surface area (Å²) in [5.74, 6) is 1.26. The molecule has 0 N–H and O–H groups in total. The maximum atomic E-state index is 13.7. The first-order chi connectivity index (χ1) is 17.2. The van der Waals surface area contributed by atoms with E-state index in [9.17, 15) is 9.18 Å². The molecule has 8 nitrogen and oxygen atoms in total. The summed E-state index contributed by atoms with van der Waals surface area (Å²) < 4.78 is 24.5. The second kappa shape index (κ2) is 8.68. The Balaban J connectivity index is 1.31. The van der Waals surface area contributed by atoms with Gasteiger partial charge in [-0.2, -0.15) is 4.98 Å². The molecular weight excluding hydrogens is 449 g/mol. The number of rotatable bonds is 4. The molecule has 0 aliphatic carbocycles. The average molecular weight is 469 g/mol. The Bertz CT molecular complexity index is 1510. The molecule has 174 valence electrons. The molecule has 0 unspecified atom stereocenters. The Labute approximate surface area is 199 Å². The van der Waals surface area contributed by atoms with Crippen LogP contribution in [0.5, 0.6) is 0 Å². The minimum atomic E-state index is -0.366. The minimum Gasteiger partial charge on any atom is -0.459 e. The van der Waals surface area contributed by atoms with Crippen LogP contribution >= 0.6 is 0 Å². The average Bonchev–Trinajstić information content (AvgIpc) is 3.61. The molecule has 0 saturated carbocycles. The van der Waals surface area contributed by atoms with Gasteiger partial charge in [-0.15, -0.1) is 0 Å². The SMILES string of the molecule is O=C(c1ccco1)N1CCN(c2cc(-c3nc(-c4cccc(F)c4)no3)c3ccccc3n2)CC1. The molecule has 1 saturated heterocycles. The van der Waals surface area contributed by atoms with E-state index >= 15 is 0 Å². The number of para-hydroxylation sites is 1. The van der Waals surface area contributed by atoms with Gasteiger partial charge in [0.15, 0.2) is 5.76 Å². The molecule has 0 radical (unpaired) electrons. The molecule has 6 rings (SSSR count). The lowest BCUT2D eigenvalue weighted by atomic mass is 10.1. The van der Waals surface area contributed by atoms with Crippen LogP contribution in [0.3, 0.4) is 0 Å². The maximum absolute atomic E-state index is 13.7. The molecule has 5 aromatic rings. The van der Waals surface area contributed by atoms with Crippen molar-refractivity contribution >= 4 is 22.6 Å². The summed E-state index contributed by atoms with van der Waals surface area (Å²) in [6.07, 6.45) is 1.50. The molecule has 1 amide bonds. The molecule has 0 atom stereocenters. The van der Waals surface area contributed by atoms with Crippen LogP contribution in [0.1, 0.15) is 10.6 Å². The lowest BCUT2D eigenvalue weighted by molar-refractivity contribution is 0.0714. The lowest BCUT2D eigenvalue weighted by Gasteiger charge is -2.35. The second-order valence-electron chi connectivity index (χ2n) is 8.24. The number of carbonyl (C=O) groups is 1. The highest BCUT2D eigenvalue weighted by Crippen LogP contribution is 2.32. The molecule has 0 spiro atoms. The normalized spacial score (nSPS) is 14.0. The van der Waals surface area contributed by atoms with Crippen LogP contribution in [0, 0.1) is 5.82 Å². The van der Waals surface area contributed by atoms with Gasteiger partial charge in [-0.05, 0) is 36.4 Å². The number of hydrogen-bond donors (Lipinski definition) is 0. The van der Waals surface area contributed by atoms with Crippen molar-refractivity contribution in [2.45, 2.75) is 0 Å². The van der Waals surface area contributed by atoms with Crippen molar-refractivity contribution in [3.63, 3.8) is 0 Å². The molecule has 1 fully saturated rings. The molecule has 3 aromatic heterocycles. The van der Waals surface area contributed by atoms with E-state index in [0.717, 1.165) is 22.3 Å². The zero-order valence-corrected chi connectivity index (χ0v) is 18.6. The van der Waals surface area contributed by atoms with Crippen LogP contribution in [-0.4, -0.2) is 52.1 Å². The van der Waals surface area contributed by atoms with E-state index in [-0.39, 0.29) is 11.7 Å². The van der Waals surface area contributed by atoms with E-state index in [4.69, 9.17) is 13.9 Å². The number of anilines is 1. The molecule has 1 aliphatic rings. The van der Waals surface area contributed by atoms with Crippen LogP contribution in [0.25, 0.3) is 33.7 Å². The van der Waals surface area contributed by atoms with E-state index in [1.54, 1.807) is 29.2 Å². The van der Waals surface area contributed by atoms with E-state index in [1.165, 1.54) is 18.4 Å². The first-order valence-electron chi connectivity index (χ1n) is 11.2. The van der Waals surface area contributed by atoms with Crippen molar-refractivity contribution in [1.29, 1.82) is 0 Å². The van der Waals surface area contributed by atoms with Gasteiger partial charge < -0.3 is 18.7 Å². The van der Waals surface area contributed by atoms with E-state index < -0.39 is 0 Å². The van der Waals surface area contributed by atoms with Crippen LogP contribution < -0.4 is 4.90 Å². The Morgan fingerprint density at radius 2 is 1.77 bits per heavy atom. The van der Waals surface area contributed by atoms with E-state index in [2.05, 4.69) is 15.0 Å². The predicted molar refractivity (Wildman–Crippen MR) is 127 cm³/mol. The van der Waals surface area contributed by atoms with Crippen LogP contribution in [-0.2, 0) is 0 Å². The Kier molecular flexibility index (Phi) is 5.21. The zero-order chi connectivity index (χ0) is 23.8. The summed E-state index contributed by atoms with van der Waals surface area (Å²) in [7, 11) is 0. The van der Waals surface area contributed by atoms with Crippen molar-refractivity contribution < 1.29 is 18.1 Å². The number of hydrogen-bond acceptors (Lipinski definition) is 7. The van der Waals surface area contributed by atoms with Gasteiger partial charge in [0, 0.05) is 37.1 Å². The summed E-state index contributed by atoms with van der Waals surface area (Å²) in [4.78, 5) is 25.9. The van der Waals surface area contributed by atoms with Crippen molar-refractivity contribution in [3.05, 3.63) is 84.6 Å². The predicted octanol–water partition coefficient (Wildman–Crippen LogP) is 4.65.